The van der Waals surface area contributed by atoms with Crippen LogP contribution in [0.4, 0.5) is 0 Å². The Kier molecular flexibility index (Phi) is 4.22. The first-order valence-electron chi connectivity index (χ1n) is 10.1. The molecule has 0 spiro atoms. The van der Waals surface area contributed by atoms with Crippen LogP contribution < -0.4 is 0 Å². The first-order valence-corrected chi connectivity index (χ1v) is 10.1. The van der Waals surface area contributed by atoms with E-state index in [0.717, 1.165) is 37.7 Å². The van der Waals surface area contributed by atoms with E-state index in [9.17, 15) is 19.8 Å². The van der Waals surface area contributed by atoms with Gasteiger partial charge in [-0.3, -0.25) is 9.59 Å². The zero-order valence-corrected chi connectivity index (χ0v) is 15.8. The highest BCUT2D eigenvalue weighted by Crippen LogP contribution is 2.66. The Morgan fingerprint density at radius 1 is 1.15 bits per heavy atom. The molecule has 4 aliphatic rings. The Morgan fingerprint density at radius 2 is 1.92 bits per heavy atom. The van der Waals surface area contributed by atoms with Crippen LogP contribution in [-0.4, -0.2) is 34.7 Å². The average molecular weight is 362 g/mol. The molecular weight excluding hydrogens is 332 g/mol. The third-order valence-electron chi connectivity index (χ3n) is 8.33. The minimum absolute atomic E-state index is 0.00528. The molecule has 0 saturated heterocycles. The van der Waals surface area contributed by atoms with E-state index in [2.05, 4.69) is 6.92 Å². The molecule has 26 heavy (non-hydrogen) atoms. The molecule has 0 aromatic heterocycles. The first kappa shape index (κ1) is 18.0. The van der Waals surface area contributed by atoms with Crippen molar-refractivity contribution in [3.63, 3.8) is 0 Å². The minimum atomic E-state index is -0.429. The molecule has 0 bridgehead atoms. The summed E-state index contributed by atoms with van der Waals surface area (Å²) in [6, 6.07) is 0. The van der Waals surface area contributed by atoms with Crippen LogP contribution in [0.25, 0.3) is 0 Å². The third kappa shape index (κ3) is 2.32. The van der Waals surface area contributed by atoms with Gasteiger partial charge in [0.25, 0.3) is 0 Å². The van der Waals surface area contributed by atoms with Crippen LogP contribution in [-0.2, 0) is 14.3 Å². The molecule has 4 rings (SSSR count). The standard InChI is InChI=1S/C21H30O5/c1-12(23)26-18-6-5-14-13-3-4-16-19(25)17(24)8-10-21(16,11-22)15(13)7-9-20(14,18)2/h13-15,18,22,25H,3-11H2,1-2H3/t13-,14-,15-,18-,20-,21-/m0/s1. The summed E-state index contributed by atoms with van der Waals surface area (Å²) in [5.74, 6) is 0.817. The van der Waals surface area contributed by atoms with Gasteiger partial charge in [-0.05, 0) is 68.3 Å². The Balaban J connectivity index is 1.67. The van der Waals surface area contributed by atoms with Crippen molar-refractivity contribution in [1.29, 1.82) is 0 Å². The van der Waals surface area contributed by atoms with Gasteiger partial charge in [0, 0.05) is 24.2 Å². The maximum Gasteiger partial charge on any atom is 0.302 e. The van der Waals surface area contributed by atoms with E-state index in [1.807, 2.05) is 0 Å². The fourth-order valence-electron chi connectivity index (χ4n) is 7.11. The topological polar surface area (TPSA) is 83.8 Å². The Bertz CT molecular complexity index is 667. The second kappa shape index (κ2) is 6.08. The molecule has 0 aliphatic heterocycles. The number of aliphatic hydroxyl groups excluding tert-OH is 2. The maximum atomic E-state index is 12.0. The maximum absolute atomic E-state index is 12.0. The van der Waals surface area contributed by atoms with Gasteiger partial charge in [-0.15, -0.1) is 0 Å². The second-order valence-corrected chi connectivity index (χ2v) is 9.20. The SMILES string of the molecule is CC(=O)O[C@H]1CC[C@H]2[C@@H]3CCC4=C(O)C(=O)CC[C@]4(CO)[C@H]3CC[C@]12C. The van der Waals surface area contributed by atoms with Crippen LogP contribution in [0.3, 0.4) is 0 Å². The molecule has 0 unspecified atom stereocenters. The average Bonchev–Trinajstić information content (AvgIpc) is 2.94. The first-order chi connectivity index (χ1) is 12.3. The van der Waals surface area contributed by atoms with Crippen molar-refractivity contribution in [2.45, 2.75) is 71.3 Å². The molecule has 0 aromatic carbocycles. The smallest absolute Gasteiger partial charge is 0.302 e. The molecule has 3 fully saturated rings. The zero-order valence-electron chi connectivity index (χ0n) is 15.8. The molecule has 4 aliphatic carbocycles. The molecule has 2 N–H and O–H groups in total. The van der Waals surface area contributed by atoms with Gasteiger partial charge >= 0.3 is 5.97 Å². The van der Waals surface area contributed by atoms with Crippen molar-refractivity contribution >= 4 is 11.8 Å². The van der Waals surface area contributed by atoms with E-state index in [0.29, 0.717) is 37.0 Å². The van der Waals surface area contributed by atoms with Gasteiger partial charge in [-0.1, -0.05) is 6.92 Å². The fourth-order valence-corrected chi connectivity index (χ4v) is 7.11. The molecule has 144 valence electrons. The number of carbonyl (C=O) groups is 2. The quantitative estimate of drug-likeness (QED) is 0.736. The molecule has 0 heterocycles. The highest BCUT2D eigenvalue weighted by Gasteiger charge is 2.61. The van der Waals surface area contributed by atoms with Crippen molar-refractivity contribution in [2.75, 3.05) is 6.61 Å². The summed E-state index contributed by atoms with van der Waals surface area (Å²) in [5, 5.41) is 20.8. The third-order valence-corrected chi connectivity index (χ3v) is 8.33. The van der Waals surface area contributed by atoms with Crippen molar-refractivity contribution in [3.05, 3.63) is 11.3 Å². The van der Waals surface area contributed by atoms with E-state index in [-0.39, 0.29) is 35.6 Å². The number of carbonyl (C=O) groups excluding carboxylic acids is 2. The number of ether oxygens (including phenoxy) is 1. The summed E-state index contributed by atoms with van der Waals surface area (Å²) >= 11 is 0. The predicted octanol–water partition coefficient (Wildman–Crippen LogP) is 3.31. The minimum Gasteiger partial charge on any atom is -0.504 e. The zero-order chi connectivity index (χ0) is 18.7. The molecular formula is C21H30O5. The van der Waals surface area contributed by atoms with Crippen LogP contribution in [0.15, 0.2) is 11.3 Å². The van der Waals surface area contributed by atoms with E-state index >= 15 is 0 Å². The number of hydrogen-bond donors (Lipinski definition) is 2. The molecule has 6 atom stereocenters. The number of aliphatic hydroxyl groups is 2. The number of hydrogen-bond acceptors (Lipinski definition) is 5. The van der Waals surface area contributed by atoms with Crippen molar-refractivity contribution in [3.8, 4) is 0 Å². The lowest BCUT2D eigenvalue weighted by Gasteiger charge is -2.58. The molecule has 0 aromatic rings. The van der Waals surface area contributed by atoms with Gasteiger partial charge < -0.3 is 14.9 Å². The molecule has 5 nitrogen and oxygen atoms in total. The molecule has 0 amide bonds. The lowest BCUT2D eigenvalue weighted by molar-refractivity contribution is -0.158. The molecule has 3 saturated carbocycles. The van der Waals surface area contributed by atoms with Crippen molar-refractivity contribution in [2.24, 2.45) is 28.6 Å². The van der Waals surface area contributed by atoms with Gasteiger partial charge in [-0.2, -0.15) is 0 Å². The van der Waals surface area contributed by atoms with E-state index < -0.39 is 5.41 Å². The van der Waals surface area contributed by atoms with Gasteiger partial charge in [0.05, 0.1) is 6.61 Å². The summed E-state index contributed by atoms with van der Waals surface area (Å²) in [4.78, 5) is 23.5. The van der Waals surface area contributed by atoms with Gasteiger partial charge in [0.15, 0.2) is 11.5 Å². The lowest BCUT2D eigenvalue weighted by Crippen LogP contribution is -2.54. The van der Waals surface area contributed by atoms with E-state index in [4.69, 9.17) is 4.74 Å². The predicted molar refractivity (Wildman–Crippen MR) is 95.2 cm³/mol. The van der Waals surface area contributed by atoms with Gasteiger partial charge in [0.1, 0.15) is 6.10 Å². The summed E-state index contributed by atoms with van der Waals surface area (Å²) < 4.78 is 5.67. The van der Waals surface area contributed by atoms with Crippen LogP contribution >= 0.6 is 0 Å². The normalized spacial score (nSPS) is 45.0. The largest absolute Gasteiger partial charge is 0.504 e. The second-order valence-electron chi connectivity index (χ2n) is 9.20. The van der Waals surface area contributed by atoms with Crippen LogP contribution in [0.2, 0.25) is 0 Å². The highest BCUT2D eigenvalue weighted by atomic mass is 16.5. The number of rotatable bonds is 2. The number of esters is 1. The summed E-state index contributed by atoms with van der Waals surface area (Å²) in [6.07, 6.45) is 6.53. The highest BCUT2D eigenvalue weighted by molar-refractivity contribution is 5.95. The monoisotopic (exact) mass is 362 g/mol. The number of Topliss-reactive ketones (excluding diaryl/α,β-unsaturated/α-hetero) is 1. The van der Waals surface area contributed by atoms with Crippen molar-refractivity contribution < 1.29 is 24.5 Å². The summed E-state index contributed by atoms with van der Waals surface area (Å²) in [6.45, 7) is 3.77. The van der Waals surface area contributed by atoms with Crippen molar-refractivity contribution in [1.82, 2.24) is 0 Å². The van der Waals surface area contributed by atoms with Crippen LogP contribution in [0.1, 0.15) is 65.2 Å². The molecule has 0 radical (unpaired) electrons. The Hall–Kier alpha value is -1.36. The lowest BCUT2D eigenvalue weighted by atomic mass is 9.47. The number of fused-ring (bicyclic) bond motifs is 5. The van der Waals surface area contributed by atoms with Crippen LogP contribution in [0.5, 0.6) is 0 Å². The van der Waals surface area contributed by atoms with Gasteiger partial charge in [0.2, 0.25) is 0 Å². The van der Waals surface area contributed by atoms with Crippen LogP contribution in [0, 0.1) is 28.6 Å². The van der Waals surface area contributed by atoms with Gasteiger partial charge in [-0.25, -0.2) is 0 Å². The summed E-state index contributed by atoms with van der Waals surface area (Å²) in [7, 11) is 0. The Labute approximate surface area is 154 Å². The fraction of sp³-hybridized carbons (Fsp3) is 0.810. The Morgan fingerprint density at radius 3 is 2.62 bits per heavy atom. The van der Waals surface area contributed by atoms with E-state index in [1.165, 1.54) is 6.92 Å². The molecule has 5 heteroatoms. The summed E-state index contributed by atoms with van der Waals surface area (Å²) in [5.41, 5.74) is 0.398. The number of ketones is 1. The van der Waals surface area contributed by atoms with E-state index in [1.54, 1.807) is 0 Å².